The highest BCUT2D eigenvalue weighted by molar-refractivity contribution is 4.97. The van der Waals surface area contributed by atoms with Gasteiger partial charge in [-0.15, -0.1) is 0 Å². The van der Waals surface area contributed by atoms with Gasteiger partial charge < -0.3 is 10.1 Å². The van der Waals surface area contributed by atoms with Crippen molar-refractivity contribution in [3.05, 3.63) is 0 Å². The van der Waals surface area contributed by atoms with E-state index in [1.54, 1.807) is 0 Å². The summed E-state index contributed by atoms with van der Waals surface area (Å²) < 4.78 is 5.59. The van der Waals surface area contributed by atoms with Crippen molar-refractivity contribution in [2.24, 2.45) is 0 Å². The quantitative estimate of drug-likeness (QED) is 0.857. The zero-order chi connectivity index (χ0) is 14.6. The fraction of sp³-hybridized carbons (Fsp3) is 1.00. The lowest BCUT2D eigenvalue weighted by Gasteiger charge is -2.41. The van der Waals surface area contributed by atoms with Gasteiger partial charge in [-0.05, 0) is 53.0 Å². The summed E-state index contributed by atoms with van der Waals surface area (Å²) in [5.74, 6) is 0. The largest absolute Gasteiger partial charge is 0.379 e. The van der Waals surface area contributed by atoms with E-state index < -0.39 is 0 Å². The van der Waals surface area contributed by atoms with Gasteiger partial charge in [0, 0.05) is 31.8 Å². The number of nitrogens with zero attached hydrogens (tertiary/aromatic N) is 1. The normalized spacial score (nSPS) is 28.5. The van der Waals surface area contributed by atoms with Crippen molar-refractivity contribution in [2.75, 3.05) is 26.7 Å². The van der Waals surface area contributed by atoms with Crippen molar-refractivity contribution in [1.82, 2.24) is 10.2 Å². The molecule has 1 spiro atoms. The first-order valence-electron chi connectivity index (χ1n) is 8.51. The van der Waals surface area contributed by atoms with Crippen LogP contribution in [0.25, 0.3) is 0 Å². The van der Waals surface area contributed by atoms with Crippen molar-refractivity contribution in [3.63, 3.8) is 0 Å². The minimum atomic E-state index is -0.000812. The number of ether oxygens (including phenoxy) is 1. The number of hydrogen-bond donors (Lipinski definition) is 1. The number of hydrogen-bond acceptors (Lipinski definition) is 3. The van der Waals surface area contributed by atoms with Gasteiger partial charge in [0.15, 0.2) is 0 Å². The molecule has 0 amide bonds. The highest BCUT2D eigenvalue weighted by Crippen LogP contribution is 2.31. The lowest BCUT2D eigenvalue weighted by molar-refractivity contribution is 0.00193. The molecule has 1 unspecified atom stereocenters. The molecular formula is C17H34N2O. The van der Waals surface area contributed by atoms with Crippen LogP contribution in [0.5, 0.6) is 0 Å². The smallest absolute Gasteiger partial charge is 0.0634 e. The third-order valence-electron chi connectivity index (χ3n) is 5.56. The van der Waals surface area contributed by atoms with Gasteiger partial charge in [-0.2, -0.15) is 0 Å². The SMILES string of the molecule is COC(C)(C)CCN1CC2(CCCCC2)NCCC1C. The summed E-state index contributed by atoms with van der Waals surface area (Å²) >= 11 is 0. The molecule has 2 fully saturated rings. The molecule has 3 heteroatoms. The molecule has 1 N–H and O–H groups in total. The predicted molar refractivity (Wildman–Crippen MR) is 85.2 cm³/mol. The zero-order valence-electron chi connectivity index (χ0n) is 14.0. The zero-order valence-corrected chi connectivity index (χ0v) is 14.0. The van der Waals surface area contributed by atoms with Gasteiger partial charge in [-0.3, -0.25) is 4.90 Å². The van der Waals surface area contributed by atoms with E-state index >= 15 is 0 Å². The first-order valence-corrected chi connectivity index (χ1v) is 8.51. The summed E-state index contributed by atoms with van der Waals surface area (Å²) in [6, 6.07) is 0.691. The van der Waals surface area contributed by atoms with E-state index in [4.69, 9.17) is 4.74 Å². The Morgan fingerprint density at radius 3 is 2.60 bits per heavy atom. The molecular weight excluding hydrogens is 248 g/mol. The Morgan fingerprint density at radius 2 is 1.95 bits per heavy atom. The minimum absolute atomic E-state index is 0.000812. The number of nitrogens with one attached hydrogen (secondary N) is 1. The molecule has 2 aliphatic rings. The summed E-state index contributed by atoms with van der Waals surface area (Å²) in [5, 5.41) is 3.90. The van der Waals surface area contributed by atoms with Gasteiger partial charge >= 0.3 is 0 Å². The Kier molecular flexibility index (Phi) is 5.49. The molecule has 1 aliphatic heterocycles. The highest BCUT2D eigenvalue weighted by Gasteiger charge is 2.37. The van der Waals surface area contributed by atoms with E-state index in [-0.39, 0.29) is 5.60 Å². The number of methoxy groups -OCH3 is 1. The van der Waals surface area contributed by atoms with Gasteiger partial charge in [0.05, 0.1) is 5.60 Å². The topological polar surface area (TPSA) is 24.5 Å². The van der Waals surface area contributed by atoms with Crippen LogP contribution in [0.2, 0.25) is 0 Å². The second-order valence-corrected chi connectivity index (χ2v) is 7.59. The van der Waals surface area contributed by atoms with E-state index in [1.807, 2.05) is 7.11 Å². The molecule has 0 aromatic heterocycles. The monoisotopic (exact) mass is 282 g/mol. The fourth-order valence-electron chi connectivity index (χ4n) is 3.71. The molecule has 1 atom stereocenters. The maximum absolute atomic E-state index is 5.59. The van der Waals surface area contributed by atoms with Crippen LogP contribution in [0.4, 0.5) is 0 Å². The molecule has 3 nitrogen and oxygen atoms in total. The summed E-state index contributed by atoms with van der Waals surface area (Å²) in [7, 11) is 1.83. The molecule has 1 aliphatic carbocycles. The Labute approximate surface area is 125 Å². The molecule has 0 aromatic carbocycles. The lowest BCUT2D eigenvalue weighted by Crippen LogP contribution is -2.53. The third-order valence-corrected chi connectivity index (χ3v) is 5.56. The summed E-state index contributed by atoms with van der Waals surface area (Å²) in [5.41, 5.74) is 0.402. The van der Waals surface area contributed by atoms with Gasteiger partial charge in [0.2, 0.25) is 0 Å². The first kappa shape index (κ1) is 16.3. The molecule has 0 bridgehead atoms. The molecule has 118 valence electrons. The molecule has 20 heavy (non-hydrogen) atoms. The summed E-state index contributed by atoms with van der Waals surface area (Å²) in [6.45, 7) is 10.4. The maximum atomic E-state index is 5.59. The van der Waals surface area contributed by atoms with Crippen LogP contribution < -0.4 is 5.32 Å². The number of rotatable bonds is 4. The maximum Gasteiger partial charge on any atom is 0.0634 e. The van der Waals surface area contributed by atoms with Crippen molar-refractivity contribution in [3.8, 4) is 0 Å². The Morgan fingerprint density at radius 1 is 1.25 bits per heavy atom. The fourth-order valence-corrected chi connectivity index (χ4v) is 3.71. The van der Waals surface area contributed by atoms with Crippen LogP contribution in [0, 0.1) is 0 Å². The van der Waals surface area contributed by atoms with Gasteiger partial charge in [0.1, 0.15) is 0 Å². The van der Waals surface area contributed by atoms with Gasteiger partial charge in [-0.25, -0.2) is 0 Å². The van der Waals surface area contributed by atoms with Crippen LogP contribution in [-0.2, 0) is 4.74 Å². The van der Waals surface area contributed by atoms with Gasteiger partial charge in [0.25, 0.3) is 0 Å². The molecule has 0 radical (unpaired) electrons. The van der Waals surface area contributed by atoms with E-state index in [9.17, 15) is 0 Å². The second kappa shape index (κ2) is 6.76. The Bertz CT molecular complexity index is 297. The molecule has 1 saturated heterocycles. The average molecular weight is 282 g/mol. The summed E-state index contributed by atoms with van der Waals surface area (Å²) in [4.78, 5) is 2.71. The predicted octanol–water partition coefficient (Wildman–Crippen LogP) is 3.19. The molecule has 1 saturated carbocycles. The molecule has 1 heterocycles. The minimum Gasteiger partial charge on any atom is -0.379 e. The van der Waals surface area contributed by atoms with Crippen molar-refractivity contribution in [2.45, 2.75) is 82.9 Å². The molecule has 2 rings (SSSR count). The van der Waals surface area contributed by atoms with E-state index in [0.717, 1.165) is 13.0 Å². The third kappa shape index (κ3) is 4.19. The van der Waals surface area contributed by atoms with Crippen LogP contribution in [0.1, 0.15) is 65.7 Å². The Hall–Kier alpha value is -0.120. The van der Waals surface area contributed by atoms with Crippen LogP contribution in [0.15, 0.2) is 0 Å². The van der Waals surface area contributed by atoms with E-state index in [2.05, 4.69) is 31.0 Å². The lowest BCUT2D eigenvalue weighted by atomic mass is 9.81. The van der Waals surface area contributed by atoms with Crippen molar-refractivity contribution >= 4 is 0 Å². The van der Waals surface area contributed by atoms with Crippen molar-refractivity contribution in [1.29, 1.82) is 0 Å². The van der Waals surface area contributed by atoms with Crippen LogP contribution >= 0.6 is 0 Å². The van der Waals surface area contributed by atoms with Crippen LogP contribution in [-0.4, -0.2) is 48.8 Å². The molecule has 0 aromatic rings. The summed E-state index contributed by atoms with van der Waals surface area (Å²) in [6.07, 6.45) is 9.35. The average Bonchev–Trinajstić information content (AvgIpc) is 2.58. The van der Waals surface area contributed by atoms with Crippen LogP contribution in [0.3, 0.4) is 0 Å². The van der Waals surface area contributed by atoms with Crippen molar-refractivity contribution < 1.29 is 4.74 Å². The first-order chi connectivity index (χ1) is 9.46. The van der Waals surface area contributed by atoms with E-state index in [0.29, 0.717) is 11.6 Å². The van der Waals surface area contributed by atoms with E-state index in [1.165, 1.54) is 51.6 Å². The highest BCUT2D eigenvalue weighted by atomic mass is 16.5. The standard InChI is InChI=1S/C17H34N2O/c1-15-8-12-18-17(9-6-5-7-10-17)14-19(15)13-11-16(2,3)20-4/h15,18H,5-14H2,1-4H3. The Balaban J connectivity index is 1.97. The second-order valence-electron chi connectivity index (χ2n) is 7.59. The van der Waals surface area contributed by atoms with Gasteiger partial charge in [-0.1, -0.05) is 19.3 Å².